The Balaban J connectivity index is 2.37. The van der Waals surface area contributed by atoms with E-state index in [1.54, 1.807) is 6.07 Å². The number of rotatable bonds is 2. The highest BCUT2D eigenvalue weighted by Crippen LogP contribution is 2.36. The molecule has 13 heavy (non-hydrogen) atoms. The smallest absolute Gasteiger partial charge is 0.231 e. The molecule has 2 N–H and O–H groups in total. The zero-order valence-corrected chi connectivity index (χ0v) is 7.80. The summed E-state index contributed by atoms with van der Waals surface area (Å²) >= 11 is 6.00. The molecule has 2 rings (SSSR count). The summed E-state index contributed by atoms with van der Waals surface area (Å²) in [5, 5.41) is 0.690. The van der Waals surface area contributed by atoms with Crippen LogP contribution in [0.5, 0.6) is 11.5 Å². The maximum absolute atomic E-state index is 6.00. The second-order valence-electron chi connectivity index (χ2n) is 2.84. The second kappa shape index (κ2) is 3.44. The van der Waals surface area contributed by atoms with Crippen LogP contribution in [0.1, 0.15) is 5.56 Å². The van der Waals surface area contributed by atoms with Gasteiger partial charge in [0, 0.05) is 11.1 Å². The molecule has 1 aliphatic rings. The van der Waals surface area contributed by atoms with Crippen LogP contribution in [0.2, 0.25) is 5.02 Å². The Hall–Kier alpha value is -0.930. The van der Waals surface area contributed by atoms with Gasteiger partial charge in [-0.3, -0.25) is 0 Å². The van der Waals surface area contributed by atoms with Crippen LogP contribution in [-0.2, 0) is 6.42 Å². The number of halogens is 1. The van der Waals surface area contributed by atoms with Crippen molar-refractivity contribution in [3.05, 3.63) is 22.7 Å². The third-order valence-corrected chi connectivity index (χ3v) is 2.31. The lowest BCUT2D eigenvalue weighted by molar-refractivity contribution is 0.174. The van der Waals surface area contributed by atoms with E-state index in [2.05, 4.69) is 0 Å². The molecule has 70 valence electrons. The third kappa shape index (κ3) is 1.57. The van der Waals surface area contributed by atoms with Crippen LogP contribution < -0.4 is 15.2 Å². The van der Waals surface area contributed by atoms with E-state index in [-0.39, 0.29) is 6.79 Å². The molecule has 0 aliphatic carbocycles. The van der Waals surface area contributed by atoms with Gasteiger partial charge in [-0.2, -0.15) is 0 Å². The quantitative estimate of drug-likeness (QED) is 0.787. The van der Waals surface area contributed by atoms with E-state index in [9.17, 15) is 0 Å². The molecule has 4 heteroatoms. The normalized spacial score (nSPS) is 13.4. The molecule has 0 spiro atoms. The van der Waals surface area contributed by atoms with Gasteiger partial charge in [-0.15, -0.1) is 0 Å². The number of benzene rings is 1. The first kappa shape index (κ1) is 8.66. The van der Waals surface area contributed by atoms with Gasteiger partial charge in [-0.05, 0) is 24.6 Å². The molecule has 0 amide bonds. The Bertz CT molecular complexity index is 328. The van der Waals surface area contributed by atoms with Crippen molar-refractivity contribution in [3.63, 3.8) is 0 Å². The molecule has 1 heterocycles. The van der Waals surface area contributed by atoms with E-state index in [4.69, 9.17) is 26.8 Å². The van der Waals surface area contributed by atoms with E-state index < -0.39 is 0 Å². The molecule has 0 bridgehead atoms. The maximum Gasteiger partial charge on any atom is 0.231 e. The topological polar surface area (TPSA) is 44.5 Å². The lowest BCUT2D eigenvalue weighted by atomic mass is 10.1. The van der Waals surface area contributed by atoms with E-state index in [0.29, 0.717) is 17.3 Å². The Morgan fingerprint density at radius 3 is 2.69 bits per heavy atom. The van der Waals surface area contributed by atoms with Gasteiger partial charge in [0.25, 0.3) is 0 Å². The van der Waals surface area contributed by atoms with Crippen molar-refractivity contribution < 1.29 is 9.47 Å². The van der Waals surface area contributed by atoms with Gasteiger partial charge in [0.2, 0.25) is 6.79 Å². The van der Waals surface area contributed by atoms with Crippen molar-refractivity contribution in [2.24, 2.45) is 5.73 Å². The fourth-order valence-corrected chi connectivity index (χ4v) is 1.55. The van der Waals surface area contributed by atoms with Crippen molar-refractivity contribution in [1.82, 2.24) is 0 Å². The number of ether oxygens (including phenoxy) is 2. The highest BCUT2D eigenvalue weighted by Gasteiger charge is 2.15. The van der Waals surface area contributed by atoms with Gasteiger partial charge < -0.3 is 15.2 Å². The number of fused-ring (bicyclic) bond motifs is 1. The Kier molecular flexibility index (Phi) is 2.29. The highest BCUT2D eigenvalue weighted by molar-refractivity contribution is 6.31. The number of hydrogen-bond donors (Lipinski definition) is 1. The zero-order valence-electron chi connectivity index (χ0n) is 7.05. The predicted molar refractivity (Wildman–Crippen MR) is 50.3 cm³/mol. The van der Waals surface area contributed by atoms with E-state index in [0.717, 1.165) is 17.7 Å². The lowest BCUT2D eigenvalue weighted by Crippen LogP contribution is -2.03. The first-order chi connectivity index (χ1) is 6.31. The van der Waals surface area contributed by atoms with Crippen LogP contribution in [0, 0.1) is 0 Å². The molecule has 1 aromatic carbocycles. The minimum Gasteiger partial charge on any atom is -0.454 e. The summed E-state index contributed by atoms with van der Waals surface area (Å²) in [5.74, 6) is 1.47. The first-order valence-corrected chi connectivity index (χ1v) is 4.47. The molecule has 1 aliphatic heterocycles. The number of nitrogens with two attached hydrogens (primary N) is 1. The second-order valence-corrected chi connectivity index (χ2v) is 3.24. The van der Waals surface area contributed by atoms with Crippen LogP contribution in [0.25, 0.3) is 0 Å². The van der Waals surface area contributed by atoms with Crippen LogP contribution in [-0.4, -0.2) is 13.3 Å². The fourth-order valence-electron chi connectivity index (χ4n) is 1.31. The van der Waals surface area contributed by atoms with Crippen molar-refractivity contribution >= 4 is 11.6 Å². The molecule has 0 aromatic heterocycles. The van der Waals surface area contributed by atoms with Crippen LogP contribution >= 0.6 is 11.6 Å². The third-order valence-electron chi connectivity index (χ3n) is 1.96. The predicted octanol–water partition coefficient (Wildman–Crippen LogP) is 1.57. The molecule has 1 aromatic rings. The summed E-state index contributed by atoms with van der Waals surface area (Å²) in [4.78, 5) is 0. The first-order valence-electron chi connectivity index (χ1n) is 4.09. The van der Waals surface area contributed by atoms with Gasteiger partial charge in [0.05, 0.1) is 0 Å². The standard InChI is InChI=1S/C9H10ClNO2/c10-7-4-9-8(12-5-13-9)3-6(7)1-2-11/h3-4H,1-2,5,11H2. The summed E-state index contributed by atoms with van der Waals surface area (Å²) in [7, 11) is 0. The van der Waals surface area contributed by atoms with Gasteiger partial charge in [0.1, 0.15) is 0 Å². The van der Waals surface area contributed by atoms with E-state index in [1.807, 2.05) is 6.07 Å². The minimum atomic E-state index is 0.276. The van der Waals surface area contributed by atoms with Gasteiger partial charge >= 0.3 is 0 Å². The Morgan fingerprint density at radius 2 is 2.00 bits per heavy atom. The SMILES string of the molecule is NCCc1cc2c(cc1Cl)OCO2. The molecule has 0 radical (unpaired) electrons. The molecule has 0 saturated carbocycles. The summed E-state index contributed by atoms with van der Waals surface area (Å²) in [5.41, 5.74) is 6.45. The van der Waals surface area contributed by atoms with Crippen molar-refractivity contribution in [3.8, 4) is 11.5 Å². The Morgan fingerprint density at radius 1 is 1.31 bits per heavy atom. The Labute approximate surface area is 81.4 Å². The van der Waals surface area contributed by atoms with Crippen LogP contribution in [0.4, 0.5) is 0 Å². The van der Waals surface area contributed by atoms with Crippen LogP contribution in [0.3, 0.4) is 0 Å². The molecule has 0 saturated heterocycles. The molecule has 0 atom stereocenters. The average Bonchev–Trinajstić information content (AvgIpc) is 2.52. The summed E-state index contributed by atoms with van der Waals surface area (Å²) < 4.78 is 10.4. The molecule has 0 unspecified atom stereocenters. The maximum atomic E-state index is 6.00. The van der Waals surface area contributed by atoms with Gasteiger partial charge in [-0.1, -0.05) is 11.6 Å². The fraction of sp³-hybridized carbons (Fsp3) is 0.333. The van der Waals surface area contributed by atoms with Gasteiger partial charge in [0.15, 0.2) is 11.5 Å². The summed E-state index contributed by atoms with van der Waals surface area (Å²) in [6.07, 6.45) is 0.759. The average molecular weight is 200 g/mol. The molecule has 0 fully saturated rings. The summed E-state index contributed by atoms with van der Waals surface area (Å²) in [6.45, 7) is 0.858. The van der Waals surface area contributed by atoms with E-state index in [1.165, 1.54) is 0 Å². The molecular weight excluding hydrogens is 190 g/mol. The lowest BCUT2D eigenvalue weighted by Gasteiger charge is -2.03. The molecular formula is C9H10ClNO2. The van der Waals surface area contributed by atoms with E-state index >= 15 is 0 Å². The van der Waals surface area contributed by atoms with Crippen molar-refractivity contribution in [2.75, 3.05) is 13.3 Å². The van der Waals surface area contributed by atoms with Gasteiger partial charge in [-0.25, -0.2) is 0 Å². The zero-order chi connectivity index (χ0) is 9.26. The van der Waals surface area contributed by atoms with Crippen molar-refractivity contribution in [1.29, 1.82) is 0 Å². The van der Waals surface area contributed by atoms with Crippen LogP contribution in [0.15, 0.2) is 12.1 Å². The highest BCUT2D eigenvalue weighted by atomic mass is 35.5. The molecule has 3 nitrogen and oxygen atoms in total. The number of hydrogen-bond acceptors (Lipinski definition) is 3. The largest absolute Gasteiger partial charge is 0.454 e. The van der Waals surface area contributed by atoms with Crippen molar-refractivity contribution in [2.45, 2.75) is 6.42 Å². The monoisotopic (exact) mass is 199 g/mol. The minimum absolute atomic E-state index is 0.276. The summed E-state index contributed by atoms with van der Waals surface area (Å²) in [6, 6.07) is 3.66.